The summed E-state index contributed by atoms with van der Waals surface area (Å²) in [5, 5.41) is 8.93. The summed E-state index contributed by atoms with van der Waals surface area (Å²) < 4.78 is 0.782. The summed E-state index contributed by atoms with van der Waals surface area (Å²) in [5.74, 6) is -0.357. The molecule has 2 N–H and O–H groups in total. The van der Waals surface area contributed by atoms with Crippen molar-refractivity contribution in [3.63, 3.8) is 0 Å². The molecule has 0 radical (unpaired) electrons. The topological polar surface area (TPSA) is 72.1 Å². The zero-order valence-corrected chi connectivity index (χ0v) is 13.1. The van der Waals surface area contributed by atoms with Gasteiger partial charge in [-0.15, -0.1) is 10.2 Å². The molecule has 0 saturated carbocycles. The van der Waals surface area contributed by atoms with Crippen LogP contribution in [0.3, 0.4) is 0 Å². The van der Waals surface area contributed by atoms with E-state index in [2.05, 4.69) is 15.1 Å². The summed E-state index contributed by atoms with van der Waals surface area (Å²) in [6.45, 7) is 2.08. The Morgan fingerprint density at radius 3 is 2.62 bits per heavy atom. The molecule has 1 atom stereocenters. The fourth-order valence-electron chi connectivity index (χ4n) is 2.31. The molecule has 0 bridgehead atoms. The van der Waals surface area contributed by atoms with Crippen LogP contribution in [0.1, 0.15) is 23.7 Å². The predicted octanol–water partition coefficient (Wildman–Crippen LogP) is 2.46. The lowest BCUT2D eigenvalue weighted by molar-refractivity contribution is -0.117. The maximum Gasteiger partial charge on any atom is 0.235 e. The molecule has 1 saturated heterocycles. The molecule has 1 aliphatic rings. The van der Waals surface area contributed by atoms with Crippen LogP contribution in [-0.4, -0.2) is 29.2 Å². The van der Waals surface area contributed by atoms with Gasteiger partial charge in [0.05, 0.1) is 0 Å². The van der Waals surface area contributed by atoms with Crippen molar-refractivity contribution in [1.82, 2.24) is 10.2 Å². The number of anilines is 1. The number of benzene rings is 1. The van der Waals surface area contributed by atoms with Crippen LogP contribution in [0.4, 0.5) is 5.13 Å². The first-order chi connectivity index (χ1) is 10.2. The minimum absolute atomic E-state index is 0.357. The smallest absolute Gasteiger partial charge is 0.235 e. The van der Waals surface area contributed by atoms with E-state index in [-0.39, 0.29) is 5.91 Å². The molecule has 1 amide bonds. The summed E-state index contributed by atoms with van der Waals surface area (Å²) in [5.41, 5.74) is 6.43. The zero-order chi connectivity index (χ0) is 14.7. The summed E-state index contributed by atoms with van der Waals surface area (Å²) in [6.07, 6.45) is 2.41. The second kappa shape index (κ2) is 6.44. The molecule has 21 heavy (non-hydrogen) atoms. The van der Waals surface area contributed by atoms with E-state index in [1.54, 1.807) is 0 Å². The zero-order valence-electron chi connectivity index (χ0n) is 11.4. The van der Waals surface area contributed by atoms with Crippen molar-refractivity contribution in [2.45, 2.75) is 22.4 Å². The normalized spacial score (nSPS) is 16.1. The molecule has 5 nitrogen and oxygen atoms in total. The van der Waals surface area contributed by atoms with E-state index in [0.717, 1.165) is 28.1 Å². The fourth-order valence-corrected chi connectivity index (χ4v) is 4.34. The van der Waals surface area contributed by atoms with Crippen molar-refractivity contribution in [2.75, 3.05) is 18.0 Å². The van der Waals surface area contributed by atoms with Gasteiger partial charge in [0.25, 0.3) is 0 Å². The van der Waals surface area contributed by atoms with E-state index in [9.17, 15) is 4.79 Å². The first kappa shape index (κ1) is 14.3. The molecule has 1 aliphatic heterocycles. The lowest BCUT2D eigenvalue weighted by atomic mass is 10.1. The molecule has 3 rings (SSSR count). The van der Waals surface area contributed by atoms with E-state index < -0.39 is 5.25 Å². The van der Waals surface area contributed by atoms with Crippen LogP contribution in [0.25, 0.3) is 0 Å². The third-order valence-electron chi connectivity index (χ3n) is 3.35. The maximum atomic E-state index is 11.7. The van der Waals surface area contributed by atoms with Gasteiger partial charge in [0, 0.05) is 13.1 Å². The minimum Gasteiger partial charge on any atom is -0.368 e. The third-order valence-corrected chi connectivity index (χ3v) is 5.69. The lowest BCUT2D eigenvalue weighted by Crippen LogP contribution is -2.18. The van der Waals surface area contributed by atoms with E-state index in [1.165, 1.54) is 35.9 Å². The summed E-state index contributed by atoms with van der Waals surface area (Å²) >= 11 is 2.90. The third kappa shape index (κ3) is 3.36. The van der Waals surface area contributed by atoms with Crippen molar-refractivity contribution in [3.05, 3.63) is 35.9 Å². The number of rotatable bonds is 5. The molecule has 7 heteroatoms. The highest BCUT2D eigenvalue weighted by Crippen LogP contribution is 2.38. The predicted molar refractivity (Wildman–Crippen MR) is 85.6 cm³/mol. The van der Waals surface area contributed by atoms with E-state index >= 15 is 0 Å². The number of primary amides is 1. The Labute approximate surface area is 131 Å². The summed E-state index contributed by atoms with van der Waals surface area (Å²) in [4.78, 5) is 14.0. The minimum atomic E-state index is -0.425. The molecular weight excluding hydrogens is 304 g/mol. The highest BCUT2D eigenvalue weighted by molar-refractivity contribution is 8.01. The number of aromatic nitrogens is 2. The van der Waals surface area contributed by atoms with Crippen LogP contribution in [0.5, 0.6) is 0 Å². The molecule has 0 unspecified atom stereocenters. The van der Waals surface area contributed by atoms with E-state index in [1.807, 2.05) is 30.3 Å². The van der Waals surface area contributed by atoms with Gasteiger partial charge in [-0.3, -0.25) is 4.79 Å². The van der Waals surface area contributed by atoms with Crippen molar-refractivity contribution in [2.24, 2.45) is 5.73 Å². The Bertz CT molecular complexity index is 610. The van der Waals surface area contributed by atoms with Gasteiger partial charge in [0.2, 0.25) is 11.0 Å². The maximum absolute atomic E-state index is 11.7. The molecular formula is C14H16N4OS2. The number of nitrogens with zero attached hydrogens (tertiary/aromatic N) is 3. The van der Waals surface area contributed by atoms with Crippen molar-refractivity contribution in [3.8, 4) is 0 Å². The molecule has 1 aromatic carbocycles. The molecule has 1 aromatic heterocycles. The van der Waals surface area contributed by atoms with Gasteiger partial charge < -0.3 is 10.6 Å². The van der Waals surface area contributed by atoms with Crippen LogP contribution >= 0.6 is 23.1 Å². The van der Waals surface area contributed by atoms with Gasteiger partial charge in [-0.2, -0.15) is 0 Å². The number of hydrogen-bond donors (Lipinski definition) is 1. The Kier molecular flexibility index (Phi) is 4.40. The van der Waals surface area contributed by atoms with Crippen LogP contribution in [0.15, 0.2) is 34.7 Å². The Hall–Kier alpha value is -1.60. The molecule has 2 heterocycles. The second-order valence-electron chi connectivity index (χ2n) is 4.86. The number of carbonyl (C=O) groups is 1. The SMILES string of the molecule is NC(=O)[C@@H](Sc1nnc(N2CCCC2)s1)c1ccccc1. The van der Waals surface area contributed by atoms with E-state index in [0.29, 0.717) is 0 Å². The standard InChI is InChI=1S/C14H16N4OS2/c15-12(19)11(10-6-2-1-3-7-10)20-14-17-16-13(21-14)18-8-4-5-9-18/h1-3,6-7,11H,4-5,8-9H2,(H2,15,19)/t11-/m0/s1. The van der Waals surface area contributed by atoms with Crippen LogP contribution in [0.2, 0.25) is 0 Å². The van der Waals surface area contributed by atoms with Gasteiger partial charge >= 0.3 is 0 Å². The van der Waals surface area contributed by atoms with Crippen LogP contribution in [-0.2, 0) is 4.79 Å². The Morgan fingerprint density at radius 1 is 1.24 bits per heavy atom. The highest BCUT2D eigenvalue weighted by Gasteiger charge is 2.23. The summed E-state index contributed by atoms with van der Waals surface area (Å²) in [7, 11) is 0. The van der Waals surface area contributed by atoms with E-state index in [4.69, 9.17) is 5.73 Å². The molecule has 1 fully saturated rings. The number of carbonyl (C=O) groups excluding carboxylic acids is 1. The van der Waals surface area contributed by atoms with Crippen LogP contribution in [0, 0.1) is 0 Å². The average Bonchev–Trinajstić information content (AvgIpc) is 3.16. The van der Waals surface area contributed by atoms with Crippen LogP contribution < -0.4 is 10.6 Å². The number of hydrogen-bond acceptors (Lipinski definition) is 6. The quantitative estimate of drug-likeness (QED) is 0.857. The first-order valence-electron chi connectivity index (χ1n) is 6.83. The molecule has 2 aromatic rings. The number of amides is 1. The monoisotopic (exact) mass is 320 g/mol. The average molecular weight is 320 g/mol. The fraction of sp³-hybridized carbons (Fsp3) is 0.357. The molecule has 0 spiro atoms. The van der Waals surface area contributed by atoms with Gasteiger partial charge in [0.1, 0.15) is 5.25 Å². The molecule has 110 valence electrons. The van der Waals surface area contributed by atoms with Gasteiger partial charge in [0.15, 0.2) is 4.34 Å². The number of nitrogens with two attached hydrogens (primary N) is 1. The first-order valence-corrected chi connectivity index (χ1v) is 8.53. The van der Waals surface area contributed by atoms with Gasteiger partial charge in [-0.25, -0.2) is 0 Å². The number of thioether (sulfide) groups is 1. The highest BCUT2D eigenvalue weighted by atomic mass is 32.2. The second-order valence-corrected chi connectivity index (χ2v) is 7.16. The largest absolute Gasteiger partial charge is 0.368 e. The van der Waals surface area contributed by atoms with Crippen molar-refractivity contribution in [1.29, 1.82) is 0 Å². The van der Waals surface area contributed by atoms with Gasteiger partial charge in [-0.05, 0) is 18.4 Å². The van der Waals surface area contributed by atoms with Gasteiger partial charge in [-0.1, -0.05) is 53.4 Å². The lowest BCUT2D eigenvalue weighted by Gasteiger charge is -2.12. The Balaban J connectivity index is 1.76. The Morgan fingerprint density at radius 2 is 1.95 bits per heavy atom. The molecule has 0 aliphatic carbocycles. The van der Waals surface area contributed by atoms with Crippen molar-refractivity contribution < 1.29 is 4.79 Å². The van der Waals surface area contributed by atoms with Crippen molar-refractivity contribution >= 4 is 34.1 Å². The summed E-state index contributed by atoms with van der Waals surface area (Å²) in [6, 6.07) is 9.54.